The van der Waals surface area contributed by atoms with Gasteiger partial charge in [-0.15, -0.1) is 0 Å². The molecule has 1 aliphatic rings. The molecule has 2 rings (SSSR count). The van der Waals surface area contributed by atoms with Crippen molar-refractivity contribution in [3.05, 3.63) is 29.8 Å². The summed E-state index contributed by atoms with van der Waals surface area (Å²) >= 11 is 0. The van der Waals surface area contributed by atoms with E-state index in [4.69, 9.17) is 0 Å². The summed E-state index contributed by atoms with van der Waals surface area (Å²) in [5, 5.41) is 3.04. The molecule has 4 heteroatoms. The number of rotatable bonds is 4. The van der Waals surface area contributed by atoms with Crippen LogP contribution in [0.5, 0.6) is 0 Å². The Morgan fingerprint density at radius 2 is 1.86 bits per heavy atom. The fourth-order valence-corrected chi connectivity index (χ4v) is 2.67. The molecule has 2 amide bonds. The predicted molar refractivity (Wildman–Crippen MR) is 87.9 cm³/mol. The third kappa shape index (κ3) is 3.90. The Morgan fingerprint density at radius 3 is 2.48 bits per heavy atom. The molecule has 1 aliphatic heterocycles. The standard InChI is InChI=1S/C17H27N3O/c1-4-14(3)18-17(21)20-12-10-19(11-13-20)16-9-7-6-8-15(16)5-2/h6-9,14H,4-5,10-13H2,1-3H3,(H,18,21). The number of para-hydroxylation sites is 1. The highest BCUT2D eigenvalue weighted by Gasteiger charge is 2.22. The van der Waals surface area contributed by atoms with Crippen molar-refractivity contribution in [2.45, 2.75) is 39.7 Å². The number of carbonyl (C=O) groups is 1. The van der Waals surface area contributed by atoms with E-state index < -0.39 is 0 Å². The molecule has 116 valence electrons. The largest absolute Gasteiger partial charge is 0.368 e. The molecule has 1 N–H and O–H groups in total. The van der Waals surface area contributed by atoms with E-state index in [-0.39, 0.29) is 12.1 Å². The Hall–Kier alpha value is -1.71. The van der Waals surface area contributed by atoms with Crippen molar-refractivity contribution in [3.8, 4) is 0 Å². The summed E-state index contributed by atoms with van der Waals surface area (Å²) in [5.41, 5.74) is 2.71. The summed E-state index contributed by atoms with van der Waals surface area (Å²) in [6.07, 6.45) is 2.01. The van der Waals surface area contributed by atoms with E-state index >= 15 is 0 Å². The maximum Gasteiger partial charge on any atom is 0.317 e. The first-order valence-electron chi connectivity index (χ1n) is 8.04. The van der Waals surface area contributed by atoms with Gasteiger partial charge in [-0.1, -0.05) is 32.0 Å². The lowest BCUT2D eigenvalue weighted by Gasteiger charge is -2.37. The van der Waals surface area contributed by atoms with E-state index in [1.165, 1.54) is 11.3 Å². The number of carbonyl (C=O) groups excluding carboxylic acids is 1. The Balaban J connectivity index is 1.92. The van der Waals surface area contributed by atoms with Crippen molar-refractivity contribution in [2.75, 3.05) is 31.1 Å². The number of amides is 2. The minimum absolute atomic E-state index is 0.0766. The lowest BCUT2D eigenvalue weighted by atomic mass is 10.1. The average Bonchev–Trinajstić information content (AvgIpc) is 2.54. The molecule has 0 aliphatic carbocycles. The molecule has 1 unspecified atom stereocenters. The lowest BCUT2D eigenvalue weighted by molar-refractivity contribution is 0.190. The van der Waals surface area contributed by atoms with Crippen molar-refractivity contribution in [2.24, 2.45) is 0 Å². The second-order valence-electron chi connectivity index (χ2n) is 5.72. The second-order valence-corrected chi connectivity index (χ2v) is 5.72. The van der Waals surface area contributed by atoms with Crippen molar-refractivity contribution < 1.29 is 4.79 Å². The van der Waals surface area contributed by atoms with Gasteiger partial charge < -0.3 is 15.1 Å². The molecule has 0 spiro atoms. The maximum atomic E-state index is 12.1. The number of piperazine rings is 1. The highest BCUT2D eigenvalue weighted by Crippen LogP contribution is 2.22. The first kappa shape index (κ1) is 15.7. The van der Waals surface area contributed by atoms with Crippen LogP contribution in [0.25, 0.3) is 0 Å². The summed E-state index contributed by atoms with van der Waals surface area (Å²) in [7, 11) is 0. The molecule has 1 aromatic rings. The fourth-order valence-electron chi connectivity index (χ4n) is 2.67. The average molecular weight is 289 g/mol. The van der Waals surface area contributed by atoms with E-state index in [0.717, 1.165) is 39.0 Å². The molecular formula is C17H27N3O. The molecule has 1 aromatic carbocycles. The minimum Gasteiger partial charge on any atom is -0.368 e. The summed E-state index contributed by atoms with van der Waals surface area (Å²) in [5.74, 6) is 0. The number of urea groups is 1. The third-order valence-electron chi connectivity index (χ3n) is 4.26. The molecule has 1 atom stereocenters. The molecule has 0 radical (unpaired) electrons. The zero-order valence-corrected chi connectivity index (χ0v) is 13.4. The van der Waals surface area contributed by atoms with Gasteiger partial charge in [0.25, 0.3) is 0 Å². The van der Waals surface area contributed by atoms with Crippen LogP contribution in [0.4, 0.5) is 10.5 Å². The van der Waals surface area contributed by atoms with Gasteiger partial charge in [0.1, 0.15) is 0 Å². The number of benzene rings is 1. The molecule has 1 saturated heterocycles. The quantitative estimate of drug-likeness (QED) is 0.925. The van der Waals surface area contributed by atoms with Crippen molar-refractivity contribution in [3.63, 3.8) is 0 Å². The summed E-state index contributed by atoms with van der Waals surface area (Å²) < 4.78 is 0. The SMILES string of the molecule is CCc1ccccc1N1CCN(C(=O)NC(C)CC)CC1. The van der Waals surface area contributed by atoms with Crippen LogP contribution < -0.4 is 10.2 Å². The predicted octanol–water partition coefficient (Wildman–Crippen LogP) is 2.88. The van der Waals surface area contributed by atoms with Gasteiger partial charge in [-0.3, -0.25) is 0 Å². The van der Waals surface area contributed by atoms with Gasteiger partial charge in [0, 0.05) is 37.9 Å². The monoisotopic (exact) mass is 289 g/mol. The van der Waals surface area contributed by atoms with E-state index in [2.05, 4.69) is 48.3 Å². The van der Waals surface area contributed by atoms with Crippen molar-refractivity contribution in [1.29, 1.82) is 0 Å². The maximum absolute atomic E-state index is 12.1. The van der Waals surface area contributed by atoms with Crippen molar-refractivity contribution >= 4 is 11.7 Å². The van der Waals surface area contributed by atoms with Crippen LogP contribution in [0, 0.1) is 0 Å². The summed E-state index contributed by atoms with van der Waals surface area (Å²) in [6, 6.07) is 8.89. The van der Waals surface area contributed by atoms with Crippen LogP contribution in [0.1, 0.15) is 32.8 Å². The van der Waals surface area contributed by atoms with E-state index in [0.29, 0.717) is 0 Å². The molecule has 0 saturated carbocycles. The molecule has 0 bridgehead atoms. The van der Waals surface area contributed by atoms with Crippen LogP contribution in [-0.4, -0.2) is 43.2 Å². The smallest absolute Gasteiger partial charge is 0.317 e. The third-order valence-corrected chi connectivity index (χ3v) is 4.26. The normalized spacial score (nSPS) is 16.7. The number of hydrogen-bond donors (Lipinski definition) is 1. The van der Waals surface area contributed by atoms with Gasteiger partial charge in [0.2, 0.25) is 0 Å². The molecular weight excluding hydrogens is 262 g/mol. The van der Waals surface area contributed by atoms with Gasteiger partial charge >= 0.3 is 6.03 Å². The summed E-state index contributed by atoms with van der Waals surface area (Å²) in [4.78, 5) is 16.5. The van der Waals surface area contributed by atoms with Crippen LogP contribution in [-0.2, 0) is 6.42 Å². The van der Waals surface area contributed by atoms with Crippen molar-refractivity contribution in [1.82, 2.24) is 10.2 Å². The van der Waals surface area contributed by atoms with Crippen LogP contribution in [0.2, 0.25) is 0 Å². The lowest BCUT2D eigenvalue weighted by Crippen LogP contribution is -2.53. The molecule has 0 aromatic heterocycles. The number of nitrogens with one attached hydrogen (secondary N) is 1. The number of nitrogens with zero attached hydrogens (tertiary/aromatic N) is 2. The van der Waals surface area contributed by atoms with E-state index in [9.17, 15) is 4.79 Å². The Labute approximate surface area is 128 Å². The van der Waals surface area contributed by atoms with Gasteiger partial charge in [-0.05, 0) is 31.4 Å². The Morgan fingerprint density at radius 1 is 1.19 bits per heavy atom. The Kier molecular flexibility index (Phi) is 5.48. The minimum atomic E-state index is 0.0766. The highest BCUT2D eigenvalue weighted by molar-refractivity contribution is 5.75. The first-order chi connectivity index (χ1) is 10.2. The van der Waals surface area contributed by atoms with E-state index in [1.807, 2.05) is 11.8 Å². The van der Waals surface area contributed by atoms with Crippen LogP contribution in [0.15, 0.2) is 24.3 Å². The molecule has 21 heavy (non-hydrogen) atoms. The summed E-state index contributed by atoms with van der Waals surface area (Å²) in [6.45, 7) is 9.72. The Bertz CT molecular complexity index is 467. The number of hydrogen-bond acceptors (Lipinski definition) is 2. The number of aryl methyl sites for hydroxylation is 1. The second kappa shape index (κ2) is 7.34. The van der Waals surface area contributed by atoms with Gasteiger partial charge in [-0.2, -0.15) is 0 Å². The van der Waals surface area contributed by atoms with Crippen LogP contribution >= 0.6 is 0 Å². The zero-order valence-electron chi connectivity index (χ0n) is 13.4. The topological polar surface area (TPSA) is 35.6 Å². The van der Waals surface area contributed by atoms with E-state index in [1.54, 1.807) is 0 Å². The van der Waals surface area contributed by atoms with Crippen LogP contribution in [0.3, 0.4) is 0 Å². The molecule has 1 heterocycles. The fraction of sp³-hybridized carbons (Fsp3) is 0.588. The zero-order chi connectivity index (χ0) is 15.2. The van der Waals surface area contributed by atoms with Gasteiger partial charge in [0.05, 0.1) is 0 Å². The molecule has 4 nitrogen and oxygen atoms in total. The first-order valence-corrected chi connectivity index (χ1v) is 8.04. The number of anilines is 1. The van der Waals surface area contributed by atoms with Gasteiger partial charge in [-0.25, -0.2) is 4.79 Å². The highest BCUT2D eigenvalue weighted by atomic mass is 16.2. The molecule has 1 fully saturated rings. The van der Waals surface area contributed by atoms with Gasteiger partial charge in [0.15, 0.2) is 0 Å².